The van der Waals surface area contributed by atoms with Gasteiger partial charge >= 0.3 is 5.97 Å². The summed E-state index contributed by atoms with van der Waals surface area (Å²) in [6.07, 6.45) is 5.89. The lowest BCUT2D eigenvalue weighted by atomic mass is 10.1. The highest BCUT2D eigenvalue weighted by molar-refractivity contribution is 7.17. The van der Waals surface area contributed by atoms with Crippen LogP contribution in [0.3, 0.4) is 0 Å². The lowest BCUT2D eigenvalue weighted by Crippen LogP contribution is -2.23. The van der Waals surface area contributed by atoms with Crippen molar-refractivity contribution in [3.8, 4) is 12.0 Å². The molecule has 1 aliphatic carbocycles. The molecule has 0 radical (unpaired) electrons. The van der Waals surface area contributed by atoms with Crippen LogP contribution in [0.25, 0.3) is 5.88 Å². The predicted molar refractivity (Wildman–Crippen MR) is 111 cm³/mol. The minimum absolute atomic E-state index is 0.0183. The van der Waals surface area contributed by atoms with E-state index in [1.54, 1.807) is 29.1 Å². The molecule has 3 aromatic rings. The molecular formula is C21H18N4O5S. The van der Waals surface area contributed by atoms with Crippen LogP contribution < -0.4 is 11.1 Å². The van der Waals surface area contributed by atoms with Crippen LogP contribution in [0.1, 0.15) is 48.9 Å². The van der Waals surface area contributed by atoms with Crippen molar-refractivity contribution in [1.29, 1.82) is 5.26 Å². The number of aryl methyl sites for hydroxylation is 2. The maximum Gasteiger partial charge on any atom is 0.343 e. The molecule has 0 spiro atoms. The minimum Gasteiger partial charge on any atom is -0.452 e. The minimum atomic E-state index is -0.852. The summed E-state index contributed by atoms with van der Waals surface area (Å²) < 4.78 is 12.2. The molecule has 158 valence electrons. The zero-order chi connectivity index (χ0) is 22.1. The Morgan fingerprint density at radius 2 is 2.03 bits per heavy atom. The molecular weight excluding hydrogens is 420 g/mol. The number of primary amides is 1. The van der Waals surface area contributed by atoms with Crippen LogP contribution in [0.5, 0.6) is 0 Å². The van der Waals surface area contributed by atoms with E-state index in [9.17, 15) is 19.6 Å². The van der Waals surface area contributed by atoms with Crippen molar-refractivity contribution in [2.45, 2.75) is 26.2 Å². The molecule has 0 bridgehead atoms. The van der Waals surface area contributed by atoms with E-state index in [1.807, 2.05) is 6.07 Å². The molecule has 4 rings (SSSR count). The zero-order valence-corrected chi connectivity index (χ0v) is 17.4. The second-order valence-electron chi connectivity index (χ2n) is 6.97. The fourth-order valence-corrected chi connectivity index (χ4v) is 4.96. The number of furan rings is 1. The van der Waals surface area contributed by atoms with Gasteiger partial charge in [0, 0.05) is 17.3 Å². The number of anilines is 1. The second-order valence-corrected chi connectivity index (χ2v) is 8.07. The van der Waals surface area contributed by atoms with Gasteiger partial charge in [-0.2, -0.15) is 5.26 Å². The Kier molecular flexibility index (Phi) is 5.35. The monoisotopic (exact) mass is 438 g/mol. The van der Waals surface area contributed by atoms with Crippen LogP contribution in [-0.4, -0.2) is 29.0 Å². The van der Waals surface area contributed by atoms with E-state index in [-0.39, 0.29) is 22.8 Å². The Balaban J connectivity index is 1.47. The number of esters is 1. The van der Waals surface area contributed by atoms with Crippen LogP contribution in [0.15, 0.2) is 28.9 Å². The van der Waals surface area contributed by atoms with Crippen molar-refractivity contribution in [1.82, 2.24) is 4.57 Å². The van der Waals surface area contributed by atoms with E-state index in [0.717, 1.165) is 29.7 Å². The first-order valence-electron chi connectivity index (χ1n) is 9.48. The van der Waals surface area contributed by atoms with Gasteiger partial charge in [-0.3, -0.25) is 14.2 Å². The number of ether oxygens (including phenoxy) is 1. The maximum absolute atomic E-state index is 12.6. The largest absolute Gasteiger partial charge is 0.452 e. The normalized spacial score (nSPS) is 12.3. The number of carbonyl (C=O) groups is 3. The van der Waals surface area contributed by atoms with Crippen LogP contribution >= 0.6 is 11.3 Å². The average Bonchev–Trinajstić information content (AvgIpc) is 3.48. The first-order valence-corrected chi connectivity index (χ1v) is 10.3. The number of nitrogens with zero attached hydrogens (tertiary/aromatic N) is 2. The standard InChI is InChI=1S/C21H18N4O5S/c1-11-16(13(9-22)20(30-11)25-7-2-3-8-25)21(28)29-10-15(26)24-19-17(18(23)27)12-5-4-6-14(12)31-19/h2-3,7-8H,4-6,10H2,1H3,(H2,23,27)(H,24,26). The van der Waals surface area contributed by atoms with Crippen LogP contribution in [-0.2, 0) is 22.4 Å². The highest BCUT2D eigenvalue weighted by Crippen LogP contribution is 2.38. The summed E-state index contributed by atoms with van der Waals surface area (Å²) in [4.78, 5) is 37.8. The van der Waals surface area contributed by atoms with E-state index in [1.165, 1.54) is 18.3 Å². The van der Waals surface area contributed by atoms with Gasteiger partial charge in [-0.15, -0.1) is 11.3 Å². The van der Waals surface area contributed by atoms with Crippen molar-refractivity contribution < 1.29 is 23.5 Å². The molecule has 2 amide bonds. The molecule has 0 aliphatic heterocycles. The predicted octanol–water partition coefficient (Wildman–Crippen LogP) is 2.70. The van der Waals surface area contributed by atoms with E-state index in [2.05, 4.69) is 5.32 Å². The van der Waals surface area contributed by atoms with Gasteiger partial charge in [-0.05, 0) is 43.9 Å². The maximum atomic E-state index is 12.6. The SMILES string of the molecule is Cc1oc(-n2cccc2)c(C#N)c1C(=O)OCC(=O)Nc1sc2c(c1C(N)=O)CCC2. The topological polar surface area (TPSA) is 140 Å². The first-order chi connectivity index (χ1) is 14.9. The summed E-state index contributed by atoms with van der Waals surface area (Å²) in [5.74, 6) is -1.66. The number of thiophene rings is 1. The van der Waals surface area contributed by atoms with Crippen LogP contribution in [0.2, 0.25) is 0 Å². The van der Waals surface area contributed by atoms with Gasteiger partial charge in [0.2, 0.25) is 5.88 Å². The van der Waals surface area contributed by atoms with Gasteiger partial charge in [0.15, 0.2) is 6.61 Å². The van der Waals surface area contributed by atoms with Crippen LogP contribution in [0, 0.1) is 18.3 Å². The third-order valence-electron chi connectivity index (χ3n) is 4.98. The molecule has 3 aromatic heterocycles. The van der Waals surface area contributed by atoms with Crippen molar-refractivity contribution in [3.63, 3.8) is 0 Å². The number of hydrogen-bond acceptors (Lipinski definition) is 7. The first kappa shape index (κ1) is 20.4. The molecule has 0 fully saturated rings. The number of amides is 2. The van der Waals surface area contributed by atoms with E-state index in [4.69, 9.17) is 14.9 Å². The fraction of sp³-hybridized carbons (Fsp3) is 0.238. The lowest BCUT2D eigenvalue weighted by Gasteiger charge is -2.07. The number of fused-ring (bicyclic) bond motifs is 1. The van der Waals surface area contributed by atoms with Gasteiger partial charge in [-0.25, -0.2) is 4.79 Å². The molecule has 1 aliphatic rings. The third kappa shape index (κ3) is 3.71. The van der Waals surface area contributed by atoms with E-state index >= 15 is 0 Å². The molecule has 0 saturated carbocycles. The lowest BCUT2D eigenvalue weighted by molar-refractivity contribution is -0.119. The Morgan fingerprint density at radius 1 is 1.29 bits per heavy atom. The zero-order valence-electron chi connectivity index (χ0n) is 16.6. The average molecular weight is 438 g/mol. The molecule has 0 atom stereocenters. The molecule has 10 heteroatoms. The Morgan fingerprint density at radius 3 is 2.71 bits per heavy atom. The molecule has 0 unspecified atom stereocenters. The summed E-state index contributed by atoms with van der Waals surface area (Å²) in [6.45, 7) is 0.949. The number of nitrogens with two attached hydrogens (primary N) is 1. The van der Waals surface area contributed by atoms with Crippen molar-refractivity contribution in [2.75, 3.05) is 11.9 Å². The smallest absolute Gasteiger partial charge is 0.343 e. The molecule has 3 heterocycles. The van der Waals surface area contributed by atoms with E-state index < -0.39 is 24.4 Å². The Hall–Kier alpha value is -3.84. The number of hydrogen-bond donors (Lipinski definition) is 2. The molecule has 0 aromatic carbocycles. The summed E-state index contributed by atoms with van der Waals surface area (Å²) in [5, 5.41) is 12.5. The highest BCUT2D eigenvalue weighted by atomic mass is 32.1. The van der Waals surface area contributed by atoms with E-state index in [0.29, 0.717) is 10.6 Å². The van der Waals surface area contributed by atoms with Gasteiger partial charge in [0.05, 0.1) is 5.56 Å². The van der Waals surface area contributed by atoms with Crippen molar-refractivity contribution in [2.24, 2.45) is 5.73 Å². The molecule has 0 saturated heterocycles. The number of aromatic nitrogens is 1. The number of rotatable bonds is 6. The van der Waals surface area contributed by atoms with Gasteiger partial charge in [-0.1, -0.05) is 0 Å². The Bertz CT molecular complexity index is 1230. The summed E-state index contributed by atoms with van der Waals surface area (Å²) in [6, 6.07) is 5.46. The number of carbonyl (C=O) groups excluding carboxylic acids is 3. The number of nitrogens with one attached hydrogen (secondary N) is 1. The molecule has 3 N–H and O–H groups in total. The highest BCUT2D eigenvalue weighted by Gasteiger charge is 2.28. The number of nitriles is 1. The second kappa shape index (κ2) is 8.12. The van der Waals surface area contributed by atoms with Crippen LogP contribution in [0.4, 0.5) is 5.00 Å². The third-order valence-corrected chi connectivity index (χ3v) is 6.18. The van der Waals surface area contributed by atoms with Gasteiger partial charge < -0.3 is 20.2 Å². The summed E-state index contributed by atoms with van der Waals surface area (Å²) in [5.41, 5.74) is 6.68. The van der Waals surface area contributed by atoms with Gasteiger partial charge in [0.25, 0.3) is 11.8 Å². The molecule has 31 heavy (non-hydrogen) atoms. The van der Waals surface area contributed by atoms with Gasteiger partial charge in [0.1, 0.15) is 28.0 Å². The molecule has 9 nitrogen and oxygen atoms in total. The van der Waals surface area contributed by atoms with Crippen molar-refractivity contribution in [3.05, 3.63) is 57.4 Å². The summed E-state index contributed by atoms with van der Waals surface area (Å²) in [7, 11) is 0. The summed E-state index contributed by atoms with van der Waals surface area (Å²) >= 11 is 1.31. The Labute approximate surface area is 181 Å². The van der Waals surface area contributed by atoms with Crippen molar-refractivity contribution >= 4 is 34.1 Å². The fourth-order valence-electron chi connectivity index (χ4n) is 3.65. The quantitative estimate of drug-likeness (QED) is 0.567.